The van der Waals surface area contributed by atoms with Gasteiger partial charge in [0.1, 0.15) is 11.5 Å². The first kappa shape index (κ1) is 13.4. The molecular formula is C15H12N2O3. The lowest BCUT2D eigenvalue weighted by Crippen LogP contribution is -2.12. The molecule has 0 spiro atoms. The molecule has 0 saturated heterocycles. The molecule has 0 aliphatic carbocycles. The van der Waals surface area contributed by atoms with Crippen LogP contribution < -0.4 is 10.1 Å². The summed E-state index contributed by atoms with van der Waals surface area (Å²) in [5.41, 5.74) is 1.03. The average molecular weight is 268 g/mol. The van der Waals surface area contributed by atoms with E-state index in [1.165, 1.54) is 25.3 Å². The molecule has 0 radical (unpaired) electrons. The summed E-state index contributed by atoms with van der Waals surface area (Å²) in [6.45, 7) is 0. The number of aromatic hydroxyl groups is 1. The van der Waals surface area contributed by atoms with Gasteiger partial charge in [0.05, 0.1) is 30.0 Å². The summed E-state index contributed by atoms with van der Waals surface area (Å²) in [4.78, 5) is 12.1. The molecule has 2 aromatic rings. The predicted molar refractivity (Wildman–Crippen MR) is 73.8 cm³/mol. The van der Waals surface area contributed by atoms with Crippen molar-refractivity contribution in [3.63, 3.8) is 0 Å². The van der Waals surface area contributed by atoms with Crippen LogP contribution in [0, 0.1) is 11.3 Å². The van der Waals surface area contributed by atoms with Gasteiger partial charge in [-0.1, -0.05) is 12.1 Å². The minimum absolute atomic E-state index is 0.0994. The van der Waals surface area contributed by atoms with E-state index in [2.05, 4.69) is 5.32 Å². The fourth-order valence-electron chi connectivity index (χ4n) is 1.72. The predicted octanol–water partition coefficient (Wildman–Crippen LogP) is 2.52. The highest BCUT2D eigenvalue weighted by molar-refractivity contribution is 6.06. The Bertz CT molecular complexity index is 690. The molecule has 20 heavy (non-hydrogen) atoms. The number of para-hydroxylation sites is 1. The maximum atomic E-state index is 12.1. The lowest BCUT2D eigenvalue weighted by molar-refractivity contribution is 0.102. The number of nitrogens with zero attached hydrogens (tertiary/aromatic N) is 1. The maximum Gasteiger partial charge on any atom is 0.259 e. The summed E-state index contributed by atoms with van der Waals surface area (Å²) < 4.78 is 5.13. The molecular weight excluding hydrogens is 256 g/mol. The quantitative estimate of drug-likeness (QED) is 0.896. The Morgan fingerprint density at radius 3 is 2.70 bits per heavy atom. The van der Waals surface area contributed by atoms with Crippen molar-refractivity contribution in [2.75, 3.05) is 12.4 Å². The molecule has 0 aromatic heterocycles. The number of nitriles is 1. The van der Waals surface area contributed by atoms with Gasteiger partial charge >= 0.3 is 0 Å². The molecule has 5 nitrogen and oxygen atoms in total. The normalized spacial score (nSPS) is 9.60. The van der Waals surface area contributed by atoms with Crippen LogP contribution in [-0.4, -0.2) is 18.1 Å². The fourth-order valence-corrected chi connectivity index (χ4v) is 1.72. The standard InChI is InChI=1S/C15H12N2O3/c1-20-14-8-10(9-16)6-7-12(14)17-15(19)11-4-2-3-5-13(11)18/h2-8,18H,1H3,(H,17,19). The van der Waals surface area contributed by atoms with E-state index >= 15 is 0 Å². The average Bonchev–Trinajstić information content (AvgIpc) is 2.48. The highest BCUT2D eigenvalue weighted by Crippen LogP contribution is 2.26. The number of carbonyl (C=O) groups is 1. The number of nitrogens with one attached hydrogen (secondary N) is 1. The smallest absolute Gasteiger partial charge is 0.259 e. The molecule has 2 N–H and O–H groups in total. The van der Waals surface area contributed by atoms with E-state index in [9.17, 15) is 9.90 Å². The van der Waals surface area contributed by atoms with Gasteiger partial charge in [-0.2, -0.15) is 5.26 Å². The van der Waals surface area contributed by atoms with Gasteiger partial charge in [0, 0.05) is 6.07 Å². The van der Waals surface area contributed by atoms with Crippen LogP contribution in [0.4, 0.5) is 5.69 Å². The van der Waals surface area contributed by atoms with Crippen LogP contribution in [0.15, 0.2) is 42.5 Å². The van der Waals surface area contributed by atoms with Gasteiger partial charge in [-0.15, -0.1) is 0 Å². The molecule has 0 aliphatic rings. The van der Waals surface area contributed by atoms with Crippen molar-refractivity contribution >= 4 is 11.6 Å². The monoisotopic (exact) mass is 268 g/mol. The molecule has 0 heterocycles. The first-order chi connectivity index (χ1) is 9.65. The molecule has 0 fully saturated rings. The number of benzene rings is 2. The lowest BCUT2D eigenvalue weighted by Gasteiger charge is -2.11. The van der Waals surface area contributed by atoms with Gasteiger partial charge in [-0.05, 0) is 24.3 Å². The van der Waals surface area contributed by atoms with Crippen molar-refractivity contribution in [3.05, 3.63) is 53.6 Å². The van der Waals surface area contributed by atoms with Gasteiger partial charge in [-0.25, -0.2) is 0 Å². The first-order valence-electron chi connectivity index (χ1n) is 5.83. The molecule has 0 saturated carbocycles. The summed E-state index contributed by atoms with van der Waals surface area (Å²) >= 11 is 0. The number of amides is 1. The molecule has 0 unspecified atom stereocenters. The van der Waals surface area contributed by atoms with E-state index in [0.29, 0.717) is 17.0 Å². The third-order valence-corrected chi connectivity index (χ3v) is 2.73. The zero-order chi connectivity index (χ0) is 14.5. The molecule has 0 atom stereocenters. The van der Waals surface area contributed by atoms with E-state index < -0.39 is 5.91 Å². The zero-order valence-corrected chi connectivity index (χ0v) is 10.8. The van der Waals surface area contributed by atoms with Crippen LogP contribution in [0.1, 0.15) is 15.9 Å². The van der Waals surface area contributed by atoms with Gasteiger partial charge in [0.25, 0.3) is 5.91 Å². The minimum atomic E-state index is -0.453. The van der Waals surface area contributed by atoms with Gasteiger partial charge in [-0.3, -0.25) is 4.79 Å². The van der Waals surface area contributed by atoms with E-state index in [1.807, 2.05) is 6.07 Å². The summed E-state index contributed by atoms with van der Waals surface area (Å²) in [5.74, 6) is -0.170. The molecule has 100 valence electrons. The Morgan fingerprint density at radius 1 is 1.30 bits per heavy atom. The van der Waals surface area contributed by atoms with Crippen LogP contribution in [0.5, 0.6) is 11.5 Å². The molecule has 0 aliphatic heterocycles. The zero-order valence-electron chi connectivity index (χ0n) is 10.8. The molecule has 0 bridgehead atoms. The number of phenolic OH excluding ortho intramolecular Hbond substituents is 1. The van der Waals surface area contributed by atoms with E-state index in [0.717, 1.165) is 0 Å². The highest BCUT2D eigenvalue weighted by Gasteiger charge is 2.13. The summed E-state index contributed by atoms with van der Waals surface area (Å²) in [6.07, 6.45) is 0. The Kier molecular flexibility index (Phi) is 3.87. The van der Waals surface area contributed by atoms with Crippen molar-refractivity contribution in [2.24, 2.45) is 0 Å². The summed E-state index contributed by atoms with van der Waals surface area (Å²) in [7, 11) is 1.45. The molecule has 2 rings (SSSR count). The number of rotatable bonds is 3. The summed E-state index contributed by atoms with van der Waals surface area (Å²) in [5, 5.41) is 21.1. The number of methoxy groups -OCH3 is 1. The second-order valence-electron chi connectivity index (χ2n) is 4.00. The van der Waals surface area contributed by atoms with Crippen LogP contribution in [0.25, 0.3) is 0 Å². The van der Waals surface area contributed by atoms with Crippen LogP contribution in [0.2, 0.25) is 0 Å². The van der Waals surface area contributed by atoms with Crippen molar-refractivity contribution < 1.29 is 14.6 Å². The van der Waals surface area contributed by atoms with Crippen LogP contribution in [0.3, 0.4) is 0 Å². The third kappa shape index (κ3) is 2.70. The van der Waals surface area contributed by atoms with Crippen LogP contribution in [-0.2, 0) is 0 Å². The largest absolute Gasteiger partial charge is 0.507 e. The van der Waals surface area contributed by atoms with Crippen molar-refractivity contribution in [1.82, 2.24) is 0 Å². The van der Waals surface area contributed by atoms with Crippen LogP contribution >= 0.6 is 0 Å². The molecule has 1 amide bonds. The van der Waals surface area contributed by atoms with E-state index in [1.54, 1.807) is 24.3 Å². The molecule has 2 aromatic carbocycles. The van der Waals surface area contributed by atoms with E-state index in [-0.39, 0.29) is 11.3 Å². The number of carbonyl (C=O) groups excluding carboxylic acids is 1. The number of phenols is 1. The first-order valence-corrected chi connectivity index (χ1v) is 5.83. The Labute approximate surface area is 116 Å². The van der Waals surface area contributed by atoms with Crippen molar-refractivity contribution in [3.8, 4) is 17.6 Å². The Morgan fingerprint density at radius 2 is 2.05 bits per heavy atom. The third-order valence-electron chi connectivity index (χ3n) is 2.73. The Balaban J connectivity index is 2.29. The second kappa shape index (κ2) is 5.76. The number of ether oxygens (including phenoxy) is 1. The molecule has 5 heteroatoms. The number of hydrogen-bond donors (Lipinski definition) is 2. The highest BCUT2D eigenvalue weighted by atomic mass is 16.5. The lowest BCUT2D eigenvalue weighted by atomic mass is 10.1. The van der Waals surface area contributed by atoms with Crippen molar-refractivity contribution in [2.45, 2.75) is 0 Å². The number of hydrogen-bond acceptors (Lipinski definition) is 4. The van der Waals surface area contributed by atoms with E-state index in [4.69, 9.17) is 10.00 Å². The van der Waals surface area contributed by atoms with Gasteiger partial charge in [0.2, 0.25) is 0 Å². The van der Waals surface area contributed by atoms with Gasteiger partial charge in [0.15, 0.2) is 0 Å². The topological polar surface area (TPSA) is 82.3 Å². The fraction of sp³-hybridized carbons (Fsp3) is 0.0667. The number of anilines is 1. The SMILES string of the molecule is COc1cc(C#N)ccc1NC(=O)c1ccccc1O. The Hall–Kier alpha value is -3.00. The van der Waals surface area contributed by atoms with Gasteiger partial charge < -0.3 is 15.2 Å². The summed E-state index contributed by atoms with van der Waals surface area (Å²) in [6, 6.07) is 12.9. The maximum absolute atomic E-state index is 12.1. The second-order valence-corrected chi connectivity index (χ2v) is 4.00. The van der Waals surface area contributed by atoms with Crippen molar-refractivity contribution in [1.29, 1.82) is 5.26 Å². The minimum Gasteiger partial charge on any atom is -0.507 e.